The van der Waals surface area contributed by atoms with Crippen LogP contribution in [0.2, 0.25) is 0 Å². The second-order valence-electron chi connectivity index (χ2n) is 9.13. The van der Waals surface area contributed by atoms with Crippen molar-refractivity contribution in [3.8, 4) is 0 Å². The van der Waals surface area contributed by atoms with Gasteiger partial charge >= 0.3 is 0 Å². The van der Waals surface area contributed by atoms with Crippen molar-refractivity contribution < 1.29 is 14.2 Å². The van der Waals surface area contributed by atoms with Crippen molar-refractivity contribution in [2.24, 2.45) is 35.5 Å². The number of rotatable bonds is 0. The van der Waals surface area contributed by atoms with Crippen molar-refractivity contribution in [1.29, 1.82) is 0 Å². The Morgan fingerprint density at radius 3 is 2.14 bits per heavy atom. The summed E-state index contributed by atoms with van der Waals surface area (Å²) in [5.41, 5.74) is 0.171. The van der Waals surface area contributed by atoms with Crippen molar-refractivity contribution in [3.05, 3.63) is 0 Å². The van der Waals surface area contributed by atoms with E-state index >= 15 is 0 Å². The number of ether oxygens (including phenoxy) is 3. The molecule has 3 heteroatoms. The maximum atomic E-state index is 6.65. The molecule has 22 heavy (non-hydrogen) atoms. The fraction of sp³-hybridized carbons (Fsp3) is 1.00. The minimum Gasteiger partial charge on any atom is -0.374 e. The molecule has 5 saturated heterocycles. The van der Waals surface area contributed by atoms with E-state index in [0.29, 0.717) is 59.9 Å². The molecule has 1 spiro atoms. The highest BCUT2D eigenvalue weighted by Crippen LogP contribution is 2.67. The van der Waals surface area contributed by atoms with Gasteiger partial charge in [-0.1, -0.05) is 33.1 Å². The van der Waals surface area contributed by atoms with Gasteiger partial charge in [-0.15, -0.1) is 0 Å². The van der Waals surface area contributed by atoms with Crippen LogP contribution in [0.5, 0.6) is 0 Å². The Labute approximate surface area is 133 Å². The van der Waals surface area contributed by atoms with Crippen LogP contribution in [-0.2, 0) is 14.2 Å². The average molecular weight is 304 g/mol. The van der Waals surface area contributed by atoms with Gasteiger partial charge in [0, 0.05) is 23.7 Å². The van der Waals surface area contributed by atoms with Gasteiger partial charge in [-0.05, 0) is 24.7 Å². The third-order valence-electron chi connectivity index (χ3n) is 8.56. The Hall–Kier alpha value is -0.120. The second kappa shape index (κ2) is 4.10. The van der Waals surface area contributed by atoms with Crippen LogP contribution in [0.1, 0.15) is 46.0 Å². The number of fused-ring (bicyclic) bond motifs is 13. The summed E-state index contributed by atoms with van der Waals surface area (Å²) in [5.74, 6) is 4.09. The molecule has 5 aliphatic heterocycles. The van der Waals surface area contributed by atoms with Crippen LogP contribution >= 0.6 is 0 Å². The van der Waals surface area contributed by atoms with Crippen molar-refractivity contribution >= 4 is 0 Å². The molecular formula is C19H28O3. The normalized spacial score (nSPS) is 63.5. The van der Waals surface area contributed by atoms with E-state index in [1.54, 1.807) is 0 Å². The van der Waals surface area contributed by atoms with E-state index in [0.717, 1.165) is 6.61 Å². The highest BCUT2D eigenvalue weighted by Gasteiger charge is 2.75. The fourth-order valence-corrected chi connectivity index (χ4v) is 7.56. The molecule has 122 valence electrons. The summed E-state index contributed by atoms with van der Waals surface area (Å²) in [5, 5.41) is 0. The predicted octanol–water partition coefficient (Wildman–Crippen LogP) is 3.02. The van der Waals surface area contributed by atoms with E-state index in [1.807, 2.05) is 0 Å². The summed E-state index contributed by atoms with van der Waals surface area (Å²) in [6, 6.07) is 0. The lowest BCUT2D eigenvalue weighted by molar-refractivity contribution is -0.0955. The van der Waals surface area contributed by atoms with Gasteiger partial charge in [0.15, 0.2) is 0 Å². The molecule has 1 aliphatic carbocycles. The molecule has 5 heterocycles. The molecule has 10 unspecified atom stereocenters. The highest BCUT2D eigenvalue weighted by atomic mass is 16.6. The fourth-order valence-electron chi connectivity index (χ4n) is 7.56. The quantitative estimate of drug-likeness (QED) is 0.688. The second-order valence-corrected chi connectivity index (χ2v) is 9.13. The summed E-state index contributed by atoms with van der Waals surface area (Å²) >= 11 is 0. The van der Waals surface area contributed by atoms with Crippen molar-refractivity contribution in [3.63, 3.8) is 0 Å². The molecule has 4 bridgehead atoms. The summed E-state index contributed by atoms with van der Waals surface area (Å²) in [6.07, 6.45) is 8.45. The first-order valence-electron chi connectivity index (χ1n) is 9.66. The zero-order valence-electron chi connectivity index (χ0n) is 13.7. The molecular weight excluding hydrogens is 276 g/mol. The van der Waals surface area contributed by atoms with Gasteiger partial charge in [-0.3, -0.25) is 0 Å². The van der Waals surface area contributed by atoms with Crippen molar-refractivity contribution in [2.45, 2.75) is 76.0 Å². The van der Waals surface area contributed by atoms with Gasteiger partial charge < -0.3 is 14.2 Å². The van der Waals surface area contributed by atoms with Crippen molar-refractivity contribution in [1.82, 2.24) is 0 Å². The minimum absolute atomic E-state index is 0.171. The summed E-state index contributed by atoms with van der Waals surface area (Å²) in [4.78, 5) is 0. The molecule has 1 saturated carbocycles. The van der Waals surface area contributed by atoms with Crippen LogP contribution in [0, 0.1) is 35.5 Å². The van der Waals surface area contributed by atoms with Gasteiger partial charge in [0.25, 0.3) is 0 Å². The molecule has 0 aromatic heterocycles. The van der Waals surface area contributed by atoms with Crippen LogP contribution in [0.15, 0.2) is 0 Å². The maximum absolute atomic E-state index is 6.65. The summed E-state index contributed by atoms with van der Waals surface area (Å²) in [6.45, 7) is 5.75. The molecule has 0 aromatic rings. The predicted molar refractivity (Wildman–Crippen MR) is 81.4 cm³/mol. The third kappa shape index (κ3) is 1.30. The van der Waals surface area contributed by atoms with Gasteiger partial charge in [-0.2, -0.15) is 0 Å². The summed E-state index contributed by atoms with van der Waals surface area (Å²) < 4.78 is 19.6. The van der Waals surface area contributed by atoms with Crippen molar-refractivity contribution in [2.75, 3.05) is 6.61 Å². The molecule has 0 N–H and O–H groups in total. The monoisotopic (exact) mass is 304 g/mol. The standard InChI is InChI=1S/C19H28O3/c1-9-10(2)16-13-12(15(9)21-16)17-11-8-20-19(6-4-3-5-7-19)14(11)18(13)22-17/h9-18H,3-8H2,1-2H3. The Morgan fingerprint density at radius 1 is 0.773 bits per heavy atom. The molecule has 6 aliphatic rings. The van der Waals surface area contributed by atoms with E-state index in [-0.39, 0.29) is 5.60 Å². The highest BCUT2D eigenvalue weighted by molar-refractivity contribution is 5.21. The lowest BCUT2D eigenvalue weighted by atomic mass is 9.56. The van der Waals surface area contributed by atoms with Crippen LogP contribution in [0.4, 0.5) is 0 Å². The SMILES string of the molecule is CC1C(C)C2OC1C1C3OC(C21)C1C3COC12CCCCC2. The maximum Gasteiger partial charge on any atom is 0.0740 e. The molecule has 3 nitrogen and oxygen atoms in total. The Morgan fingerprint density at radius 2 is 1.41 bits per heavy atom. The Bertz CT molecular complexity index is 499. The third-order valence-corrected chi connectivity index (χ3v) is 8.56. The van der Waals surface area contributed by atoms with Gasteiger partial charge in [-0.25, -0.2) is 0 Å². The topological polar surface area (TPSA) is 27.7 Å². The smallest absolute Gasteiger partial charge is 0.0740 e. The van der Waals surface area contributed by atoms with E-state index < -0.39 is 0 Å². The van der Waals surface area contributed by atoms with Gasteiger partial charge in [0.2, 0.25) is 0 Å². The lowest BCUT2D eigenvalue weighted by Crippen LogP contribution is -2.53. The lowest BCUT2D eigenvalue weighted by Gasteiger charge is -2.45. The number of hydrogen-bond donors (Lipinski definition) is 0. The molecule has 6 fully saturated rings. The largest absolute Gasteiger partial charge is 0.374 e. The van der Waals surface area contributed by atoms with E-state index in [9.17, 15) is 0 Å². The average Bonchev–Trinajstić information content (AvgIpc) is 3.28. The zero-order chi connectivity index (χ0) is 14.6. The molecule has 0 amide bonds. The van der Waals surface area contributed by atoms with Crippen LogP contribution < -0.4 is 0 Å². The minimum atomic E-state index is 0.171. The van der Waals surface area contributed by atoms with E-state index in [2.05, 4.69) is 13.8 Å². The number of hydrogen-bond acceptors (Lipinski definition) is 3. The van der Waals surface area contributed by atoms with E-state index in [1.165, 1.54) is 32.1 Å². The first-order valence-corrected chi connectivity index (χ1v) is 9.66. The van der Waals surface area contributed by atoms with Crippen LogP contribution in [0.25, 0.3) is 0 Å². The first kappa shape index (κ1) is 13.2. The zero-order valence-corrected chi connectivity index (χ0v) is 13.7. The summed E-state index contributed by atoms with van der Waals surface area (Å²) in [7, 11) is 0. The van der Waals surface area contributed by atoms with Gasteiger partial charge in [0.05, 0.1) is 36.6 Å². The molecule has 6 rings (SSSR count). The first-order chi connectivity index (χ1) is 10.7. The Kier molecular flexibility index (Phi) is 2.46. The molecule has 0 aromatic carbocycles. The molecule has 10 atom stereocenters. The molecule has 0 radical (unpaired) electrons. The van der Waals surface area contributed by atoms with Crippen LogP contribution in [0.3, 0.4) is 0 Å². The van der Waals surface area contributed by atoms with Crippen LogP contribution in [-0.4, -0.2) is 36.6 Å². The Balaban J connectivity index is 1.38. The van der Waals surface area contributed by atoms with E-state index in [4.69, 9.17) is 14.2 Å². The van der Waals surface area contributed by atoms with Gasteiger partial charge in [0.1, 0.15) is 0 Å².